The van der Waals surface area contributed by atoms with Crippen LogP contribution in [0.1, 0.15) is 27.2 Å². The molecule has 1 aliphatic rings. The lowest BCUT2D eigenvalue weighted by atomic mass is 10.1. The Morgan fingerprint density at radius 2 is 2.17 bits per heavy atom. The van der Waals surface area contributed by atoms with Crippen molar-refractivity contribution in [3.63, 3.8) is 0 Å². The standard InChI is InChI=1S/C9H17NO2/c1-6-4-7(6)8(11)10-5-9(2,3)12/h6-7,12H,4-5H2,1-3H3,(H,10,11). The molecule has 2 unspecified atom stereocenters. The molecule has 70 valence electrons. The van der Waals surface area contributed by atoms with Crippen LogP contribution in [-0.2, 0) is 4.79 Å². The molecule has 3 nitrogen and oxygen atoms in total. The summed E-state index contributed by atoms with van der Waals surface area (Å²) < 4.78 is 0. The third-order valence-corrected chi connectivity index (χ3v) is 2.14. The number of carbonyl (C=O) groups is 1. The first-order valence-electron chi connectivity index (χ1n) is 4.40. The molecule has 1 amide bonds. The monoisotopic (exact) mass is 171 g/mol. The summed E-state index contributed by atoms with van der Waals surface area (Å²) in [6, 6.07) is 0. The largest absolute Gasteiger partial charge is 0.389 e. The second-order valence-electron chi connectivity index (χ2n) is 4.35. The Morgan fingerprint density at radius 3 is 2.50 bits per heavy atom. The van der Waals surface area contributed by atoms with Crippen LogP contribution < -0.4 is 5.32 Å². The number of rotatable bonds is 3. The Hall–Kier alpha value is -0.570. The van der Waals surface area contributed by atoms with Gasteiger partial charge in [-0.1, -0.05) is 6.92 Å². The van der Waals surface area contributed by atoms with Gasteiger partial charge in [0.2, 0.25) is 5.91 Å². The Bertz CT molecular complexity index is 183. The summed E-state index contributed by atoms with van der Waals surface area (Å²) in [5.74, 6) is 0.823. The fraction of sp³-hybridized carbons (Fsp3) is 0.889. The number of aliphatic hydroxyl groups is 1. The van der Waals surface area contributed by atoms with Gasteiger partial charge in [-0.15, -0.1) is 0 Å². The zero-order chi connectivity index (χ0) is 9.35. The van der Waals surface area contributed by atoms with Crippen LogP contribution in [0.5, 0.6) is 0 Å². The molecule has 0 aliphatic heterocycles. The molecule has 0 radical (unpaired) electrons. The van der Waals surface area contributed by atoms with Crippen molar-refractivity contribution in [3.05, 3.63) is 0 Å². The van der Waals surface area contributed by atoms with Crippen LogP contribution in [0.15, 0.2) is 0 Å². The van der Waals surface area contributed by atoms with Gasteiger partial charge >= 0.3 is 0 Å². The minimum absolute atomic E-state index is 0.0876. The molecule has 1 aliphatic carbocycles. The van der Waals surface area contributed by atoms with E-state index in [-0.39, 0.29) is 11.8 Å². The Kier molecular flexibility index (Phi) is 2.42. The fourth-order valence-corrected chi connectivity index (χ4v) is 1.12. The second kappa shape index (κ2) is 3.05. The summed E-state index contributed by atoms with van der Waals surface area (Å²) in [5, 5.41) is 12.0. The summed E-state index contributed by atoms with van der Waals surface area (Å²) in [5.41, 5.74) is -0.798. The first-order chi connectivity index (χ1) is 5.40. The van der Waals surface area contributed by atoms with Crippen molar-refractivity contribution in [2.75, 3.05) is 6.54 Å². The SMILES string of the molecule is CC1CC1C(=O)NCC(C)(C)O. The molecule has 2 N–H and O–H groups in total. The first-order valence-corrected chi connectivity index (χ1v) is 4.40. The highest BCUT2D eigenvalue weighted by Gasteiger charge is 2.39. The van der Waals surface area contributed by atoms with E-state index in [0.717, 1.165) is 6.42 Å². The lowest BCUT2D eigenvalue weighted by Crippen LogP contribution is -2.39. The molecule has 0 aromatic carbocycles. The predicted octanol–water partition coefficient (Wildman–Crippen LogP) is 0.529. The van der Waals surface area contributed by atoms with Gasteiger partial charge in [0, 0.05) is 12.5 Å². The van der Waals surface area contributed by atoms with Crippen LogP contribution in [0, 0.1) is 11.8 Å². The van der Waals surface area contributed by atoms with Gasteiger partial charge < -0.3 is 10.4 Å². The van der Waals surface area contributed by atoms with E-state index in [1.54, 1.807) is 13.8 Å². The van der Waals surface area contributed by atoms with Gasteiger partial charge in [0.25, 0.3) is 0 Å². The lowest BCUT2D eigenvalue weighted by molar-refractivity contribution is -0.123. The van der Waals surface area contributed by atoms with Crippen LogP contribution in [0.3, 0.4) is 0 Å². The molecule has 1 fully saturated rings. The van der Waals surface area contributed by atoms with Crippen LogP contribution in [-0.4, -0.2) is 23.2 Å². The number of hydrogen-bond acceptors (Lipinski definition) is 2. The van der Waals surface area contributed by atoms with Gasteiger partial charge in [0.1, 0.15) is 0 Å². The summed E-state index contributed by atoms with van der Waals surface area (Å²) in [6.07, 6.45) is 0.998. The number of carbonyl (C=O) groups excluding carboxylic acids is 1. The Morgan fingerprint density at radius 1 is 1.67 bits per heavy atom. The summed E-state index contributed by atoms with van der Waals surface area (Å²) in [6.45, 7) is 5.77. The van der Waals surface area contributed by atoms with E-state index in [2.05, 4.69) is 12.2 Å². The van der Waals surface area contributed by atoms with Gasteiger partial charge in [-0.05, 0) is 26.2 Å². The molecular formula is C9H17NO2. The number of hydrogen-bond donors (Lipinski definition) is 2. The van der Waals surface area contributed by atoms with Gasteiger partial charge in [-0.25, -0.2) is 0 Å². The quantitative estimate of drug-likeness (QED) is 0.650. The van der Waals surface area contributed by atoms with E-state index in [1.807, 2.05) is 0 Å². The average molecular weight is 171 g/mol. The summed E-state index contributed by atoms with van der Waals surface area (Å²) >= 11 is 0. The van der Waals surface area contributed by atoms with Crippen molar-refractivity contribution >= 4 is 5.91 Å². The minimum Gasteiger partial charge on any atom is -0.389 e. The lowest BCUT2D eigenvalue weighted by Gasteiger charge is -2.17. The molecule has 1 saturated carbocycles. The molecule has 2 atom stereocenters. The van der Waals surface area contributed by atoms with Gasteiger partial charge in [0.05, 0.1) is 5.60 Å². The van der Waals surface area contributed by atoms with Gasteiger partial charge in [-0.3, -0.25) is 4.79 Å². The van der Waals surface area contributed by atoms with E-state index in [1.165, 1.54) is 0 Å². The molecule has 12 heavy (non-hydrogen) atoms. The molecule has 1 rings (SSSR count). The zero-order valence-corrected chi connectivity index (χ0v) is 7.92. The third kappa shape index (κ3) is 2.81. The van der Waals surface area contributed by atoms with Crippen LogP contribution in [0.4, 0.5) is 0 Å². The molecular weight excluding hydrogens is 154 g/mol. The first kappa shape index (κ1) is 9.52. The highest BCUT2D eigenvalue weighted by Crippen LogP contribution is 2.37. The van der Waals surface area contributed by atoms with E-state index in [0.29, 0.717) is 12.5 Å². The van der Waals surface area contributed by atoms with Crippen molar-refractivity contribution in [3.8, 4) is 0 Å². The molecule has 0 bridgehead atoms. The Balaban J connectivity index is 2.20. The Labute approximate surface area is 73.2 Å². The highest BCUT2D eigenvalue weighted by molar-refractivity contribution is 5.81. The third-order valence-electron chi connectivity index (χ3n) is 2.14. The normalized spacial score (nSPS) is 28.3. The van der Waals surface area contributed by atoms with Gasteiger partial charge in [0.15, 0.2) is 0 Å². The molecule has 0 aromatic rings. The molecule has 0 aromatic heterocycles. The van der Waals surface area contributed by atoms with Crippen molar-refractivity contribution in [2.24, 2.45) is 11.8 Å². The van der Waals surface area contributed by atoms with Crippen LogP contribution >= 0.6 is 0 Å². The van der Waals surface area contributed by atoms with Crippen LogP contribution in [0.2, 0.25) is 0 Å². The van der Waals surface area contributed by atoms with Crippen LogP contribution in [0.25, 0.3) is 0 Å². The molecule has 3 heteroatoms. The molecule has 0 heterocycles. The average Bonchev–Trinajstić information content (AvgIpc) is 2.60. The smallest absolute Gasteiger partial charge is 0.223 e. The van der Waals surface area contributed by atoms with Crippen molar-refractivity contribution in [1.82, 2.24) is 5.32 Å². The van der Waals surface area contributed by atoms with Crippen molar-refractivity contribution < 1.29 is 9.90 Å². The maximum atomic E-state index is 11.2. The maximum absolute atomic E-state index is 11.2. The predicted molar refractivity (Wildman–Crippen MR) is 46.6 cm³/mol. The van der Waals surface area contributed by atoms with E-state index < -0.39 is 5.60 Å². The summed E-state index contributed by atoms with van der Waals surface area (Å²) in [7, 11) is 0. The minimum atomic E-state index is -0.798. The fourth-order valence-electron chi connectivity index (χ4n) is 1.12. The number of amides is 1. The second-order valence-corrected chi connectivity index (χ2v) is 4.35. The molecule has 0 saturated heterocycles. The topological polar surface area (TPSA) is 49.3 Å². The maximum Gasteiger partial charge on any atom is 0.223 e. The van der Waals surface area contributed by atoms with Crippen molar-refractivity contribution in [2.45, 2.75) is 32.8 Å². The molecule has 0 spiro atoms. The van der Waals surface area contributed by atoms with E-state index in [9.17, 15) is 9.90 Å². The van der Waals surface area contributed by atoms with Crippen molar-refractivity contribution in [1.29, 1.82) is 0 Å². The highest BCUT2D eigenvalue weighted by atomic mass is 16.3. The summed E-state index contributed by atoms with van der Waals surface area (Å²) in [4.78, 5) is 11.2. The zero-order valence-electron chi connectivity index (χ0n) is 7.92. The van der Waals surface area contributed by atoms with Gasteiger partial charge in [-0.2, -0.15) is 0 Å². The number of nitrogens with one attached hydrogen (secondary N) is 1. The van der Waals surface area contributed by atoms with E-state index in [4.69, 9.17) is 0 Å². The van der Waals surface area contributed by atoms with E-state index >= 15 is 0 Å².